The molecule has 0 saturated carbocycles. The van der Waals surface area contributed by atoms with Gasteiger partial charge in [0.1, 0.15) is 0 Å². The third kappa shape index (κ3) is 6.66. The average molecular weight is 489 g/mol. The zero-order valence-corrected chi connectivity index (χ0v) is 20.5. The fraction of sp³-hybridized carbons (Fsp3) is 0.143. The highest BCUT2D eigenvalue weighted by Crippen LogP contribution is 2.28. The molecular weight excluding hydrogens is 460 g/mol. The maximum Gasteiger partial charge on any atom is 0.187 e. The van der Waals surface area contributed by atoms with E-state index in [0.717, 1.165) is 11.4 Å². The molecule has 3 rings (SSSR count). The van der Waals surface area contributed by atoms with E-state index < -0.39 is 0 Å². The van der Waals surface area contributed by atoms with Crippen molar-refractivity contribution < 1.29 is 28.5 Å². The van der Waals surface area contributed by atoms with E-state index in [0.29, 0.717) is 34.1 Å². The second kappa shape index (κ2) is 12.7. The predicted molar refractivity (Wildman–Crippen MR) is 140 cm³/mol. The minimum Gasteiger partial charge on any atom is -0.493 e. The van der Waals surface area contributed by atoms with Crippen molar-refractivity contribution in [1.29, 1.82) is 0 Å². The normalized spacial score (nSPS) is 10.8. The van der Waals surface area contributed by atoms with Gasteiger partial charge in [-0.2, -0.15) is 0 Å². The number of allylic oxidation sites excluding steroid dienone is 2. The SMILES string of the molecule is COc1ccc(C(=O)/C=C\Nc2ccc(N/C=C/C(=O)c3ccc(OC)c(OC)c3)cc2)cc1OC. The molecule has 8 nitrogen and oxygen atoms in total. The standard InChI is InChI=1S/C28H28N2O6/c1-33-25-11-5-19(17-27(25)35-3)23(31)13-15-29-21-7-9-22(10-8-21)30-16-14-24(32)20-6-12-26(34-2)28(18-20)36-4/h5-18,29-30H,1-4H3/b15-13-,16-14+. The van der Waals surface area contributed by atoms with E-state index in [9.17, 15) is 9.59 Å². The summed E-state index contributed by atoms with van der Waals surface area (Å²) in [6.45, 7) is 0. The molecule has 0 spiro atoms. The predicted octanol–water partition coefficient (Wildman–Crippen LogP) is 5.34. The molecule has 3 aromatic rings. The summed E-state index contributed by atoms with van der Waals surface area (Å²) >= 11 is 0. The average Bonchev–Trinajstić information content (AvgIpc) is 2.92. The van der Waals surface area contributed by atoms with Gasteiger partial charge in [-0.25, -0.2) is 0 Å². The number of methoxy groups -OCH3 is 4. The first kappa shape index (κ1) is 25.9. The smallest absolute Gasteiger partial charge is 0.187 e. The molecule has 0 aliphatic rings. The zero-order valence-electron chi connectivity index (χ0n) is 20.5. The van der Waals surface area contributed by atoms with E-state index in [4.69, 9.17) is 18.9 Å². The molecule has 36 heavy (non-hydrogen) atoms. The minimum absolute atomic E-state index is 0.175. The third-order valence-corrected chi connectivity index (χ3v) is 5.19. The van der Waals surface area contributed by atoms with Crippen LogP contribution in [0.3, 0.4) is 0 Å². The number of nitrogens with one attached hydrogen (secondary N) is 2. The van der Waals surface area contributed by atoms with E-state index in [2.05, 4.69) is 10.6 Å². The monoisotopic (exact) mass is 488 g/mol. The largest absolute Gasteiger partial charge is 0.493 e. The molecule has 0 heterocycles. The number of hydrogen-bond donors (Lipinski definition) is 2. The number of rotatable bonds is 12. The van der Waals surface area contributed by atoms with Crippen LogP contribution in [0.2, 0.25) is 0 Å². The molecule has 0 atom stereocenters. The Bertz CT molecular complexity index is 1170. The topological polar surface area (TPSA) is 95.1 Å². The van der Waals surface area contributed by atoms with Gasteiger partial charge >= 0.3 is 0 Å². The lowest BCUT2D eigenvalue weighted by atomic mass is 10.1. The van der Waals surface area contributed by atoms with Crippen molar-refractivity contribution in [3.63, 3.8) is 0 Å². The fourth-order valence-electron chi connectivity index (χ4n) is 3.26. The summed E-state index contributed by atoms with van der Waals surface area (Å²) in [5, 5.41) is 6.12. The molecule has 186 valence electrons. The van der Waals surface area contributed by atoms with Gasteiger partial charge in [-0.1, -0.05) is 0 Å². The number of benzene rings is 3. The van der Waals surface area contributed by atoms with Crippen LogP contribution in [0.15, 0.2) is 85.2 Å². The molecule has 0 aliphatic carbocycles. The van der Waals surface area contributed by atoms with E-state index in [1.54, 1.807) is 63.0 Å². The maximum absolute atomic E-state index is 12.4. The molecule has 8 heteroatoms. The number of carbonyl (C=O) groups excluding carboxylic acids is 2. The first-order valence-corrected chi connectivity index (χ1v) is 11.0. The van der Waals surface area contributed by atoms with Gasteiger partial charge in [-0.15, -0.1) is 0 Å². The maximum atomic E-state index is 12.4. The van der Waals surface area contributed by atoms with Gasteiger partial charge in [0.25, 0.3) is 0 Å². The number of ether oxygens (including phenoxy) is 4. The van der Waals surface area contributed by atoms with E-state index in [1.165, 1.54) is 26.4 Å². The van der Waals surface area contributed by atoms with Crippen molar-refractivity contribution >= 4 is 22.9 Å². The van der Waals surface area contributed by atoms with Crippen molar-refractivity contribution in [3.8, 4) is 23.0 Å². The molecular formula is C28H28N2O6. The van der Waals surface area contributed by atoms with Crippen molar-refractivity contribution in [2.45, 2.75) is 0 Å². The van der Waals surface area contributed by atoms with Gasteiger partial charge < -0.3 is 29.6 Å². The Balaban J connectivity index is 1.53. The van der Waals surface area contributed by atoms with Crippen LogP contribution >= 0.6 is 0 Å². The third-order valence-electron chi connectivity index (χ3n) is 5.19. The van der Waals surface area contributed by atoms with Gasteiger partial charge in [-0.3, -0.25) is 9.59 Å². The minimum atomic E-state index is -0.175. The second-order valence-electron chi connectivity index (χ2n) is 7.40. The first-order valence-electron chi connectivity index (χ1n) is 11.0. The highest BCUT2D eigenvalue weighted by molar-refractivity contribution is 6.05. The summed E-state index contributed by atoms with van der Waals surface area (Å²) in [5.41, 5.74) is 2.56. The summed E-state index contributed by atoms with van der Waals surface area (Å²) in [6.07, 6.45) is 6.03. The van der Waals surface area contributed by atoms with E-state index in [-0.39, 0.29) is 11.6 Å². The van der Waals surface area contributed by atoms with Gasteiger partial charge in [0.05, 0.1) is 28.4 Å². The quantitative estimate of drug-likeness (QED) is 0.261. The Kier molecular flexibility index (Phi) is 9.11. The van der Waals surface area contributed by atoms with Gasteiger partial charge in [0.15, 0.2) is 34.6 Å². The zero-order chi connectivity index (χ0) is 25.9. The summed E-state index contributed by atoms with van der Waals surface area (Å²) < 4.78 is 20.9. The lowest BCUT2D eigenvalue weighted by Crippen LogP contribution is -1.99. The Morgan fingerprint density at radius 3 is 1.25 bits per heavy atom. The van der Waals surface area contributed by atoms with Crippen LogP contribution in [-0.2, 0) is 0 Å². The highest BCUT2D eigenvalue weighted by Gasteiger charge is 2.09. The molecule has 0 unspecified atom stereocenters. The summed E-state index contributed by atoms with van der Waals surface area (Å²) in [7, 11) is 6.13. The molecule has 2 N–H and O–H groups in total. The van der Waals surface area contributed by atoms with Crippen LogP contribution in [0.1, 0.15) is 20.7 Å². The number of carbonyl (C=O) groups is 2. The van der Waals surface area contributed by atoms with Crippen molar-refractivity contribution in [2.24, 2.45) is 0 Å². The van der Waals surface area contributed by atoms with Crippen molar-refractivity contribution in [3.05, 3.63) is 96.3 Å². The van der Waals surface area contributed by atoms with Crippen LogP contribution in [0.4, 0.5) is 11.4 Å². The van der Waals surface area contributed by atoms with Gasteiger partial charge in [0, 0.05) is 47.1 Å². The van der Waals surface area contributed by atoms with Crippen LogP contribution < -0.4 is 29.6 Å². The van der Waals surface area contributed by atoms with Crippen molar-refractivity contribution in [2.75, 3.05) is 39.1 Å². The highest BCUT2D eigenvalue weighted by atomic mass is 16.5. The summed E-state index contributed by atoms with van der Waals surface area (Å²) in [5.74, 6) is 1.76. The van der Waals surface area contributed by atoms with Crippen molar-refractivity contribution in [1.82, 2.24) is 0 Å². The van der Waals surface area contributed by atoms with Crippen LogP contribution in [0, 0.1) is 0 Å². The first-order chi connectivity index (χ1) is 17.5. The second-order valence-corrected chi connectivity index (χ2v) is 7.40. The Morgan fingerprint density at radius 2 is 0.917 bits per heavy atom. The number of hydrogen-bond acceptors (Lipinski definition) is 8. The number of anilines is 2. The molecule has 0 amide bonds. The molecule has 0 fully saturated rings. The van der Waals surface area contributed by atoms with E-state index in [1.807, 2.05) is 24.3 Å². The summed E-state index contributed by atoms with van der Waals surface area (Å²) in [6, 6.07) is 17.4. The summed E-state index contributed by atoms with van der Waals surface area (Å²) in [4.78, 5) is 24.8. The van der Waals surface area contributed by atoms with Crippen LogP contribution in [-0.4, -0.2) is 40.0 Å². The van der Waals surface area contributed by atoms with E-state index >= 15 is 0 Å². The molecule has 0 radical (unpaired) electrons. The fourth-order valence-corrected chi connectivity index (χ4v) is 3.26. The Hall–Kier alpha value is -4.72. The Labute approximate surface area is 210 Å². The Morgan fingerprint density at radius 1 is 0.556 bits per heavy atom. The van der Waals surface area contributed by atoms with Crippen LogP contribution in [0.25, 0.3) is 0 Å². The molecule has 0 saturated heterocycles. The van der Waals surface area contributed by atoms with Gasteiger partial charge in [-0.05, 0) is 60.7 Å². The number of ketones is 2. The van der Waals surface area contributed by atoms with Crippen LogP contribution in [0.5, 0.6) is 23.0 Å². The van der Waals surface area contributed by atoms with Gasteiger partial charge in [0.2, 0.25) is 0 Å². The molecule has 3 aromatic carbocycles. The molecule has 0 bridgehead atoms. The molecule has 0 aliphatic heterocycles. The lowest BCUT2D eigenvalue weighted by molar-refractivity contribution is 0.103. The lowest BCUT2D eigenvalue weighted by Gasteiger charge is -2.08. The molecule has 0 aromatic heterocycles.